The molecule has 11 heteroatoms. The largest absolute Gasteiger partial charge is 0.489 e. The number of hydrogen-bond acceptors (Lipinski definition) is 7. The highest BCUT2D eigenvalue weighted by molar-refractivity contribution is 6.03. The lowest BCUT2D eigenvalue weighted by molar-refractivity contribution is 0.102. The number of piperidine rings is 1. The van der Waals surface area contributed by atoms with Gasteiger partial charge in [0.2, 0.25) is 0 Å². The number of pyridine rings is 1. The van der Waals surface area contributed by atoms with Gasteiger partial charge in [0.1, 0.15) is 11.6 Å². The fraction of sp³-hybridized carbons (Fsp3) is 0.364. The Balaban J connectivity index is 1.26. The molecule has 0 aliphatic carbocycles. The van der Waals surface area contributed by atoms with E-state index in [0.29, 0.717) is 46.6 Å². The van der Waals surface area contributed by atoms with Crippen LogP contribution in [0.25, 0.3) is 10.9 Å². The first-order valence-corrected chi connectivity index (χ1v) is 14.9. The molecule has 0 bridgehead atoms. The van der Waals surface area contributed by atoms with E-state index in [-0.39, 0.29) is 31.1 Å². The SMILES string of the molecule is CNC(=O)n1ccc2cc(Oc3ccnc(NC(=O)c4ccc(C5CCN(C[C@@H](C)O)CC5)cc4)c3)c(OCCCF)cc21. The molecule has 0 radical (unpaired) electrons. The summed E-state index contributed by atoms with van der Waals surface area (Å²) in [6.45, 7) is 4.02. The van der Waals surface area contributed by atoms with Gasteiger partial charge in [-0.3, -0.25) is 13.8 Å². The number of benzene rings is 2. The molecule has 1 atom stereocenters. The van der Waals surface area contributed by atoms with Crippen molar-refractivity contribution in [3.8, 4) is 17.2 Å². The van der Waals surface area contributed by atoms with Crippen LogP contribution in [0, 0.1) is 0 Å². The number of hydrogen-bond donors (Lipinski definition) is 3. The number of β-amino-alcohol motifs (C(OH)–C–C–N with tert-alkyl or cyclic N) is 1. The summed E-state index contributed by atoms with van der Waals surface area (Å²) in [4.78, 5) is 31.9. The quantitative estimate of drug-likeness (QED) is 0.192. The van der Waals surface area contributed by atoms with Crippen LogP contribution in [0.3, 0.4) is 0 Å². The van der Waals surface area contributed by atoms with Crippen LogP contribution in [-0.2, 0) is 0 Å². The van der Waals surface area contributed by atoms with E-state index in [1.54, 1.807) is 43.6 Å². The Morgan fingerprint density at radius 3 is 2.57 bits per heavy atom. The molecular weight excluding hydrogens is 565 g/mol. The maximum atomic E-state index is 13.0. The normalized spacial score (nSPS) is 14.7. The summed E-state index contributed by atoms with van der Waals surface area (Å²) < 4.78 is 26.2. The summed E-state index contributed by atoms with van der Waals surface area (Å²) in [5.41, 5.74) is 2.34. The first-order chi connectivity index (χ1) is 21.3. The van der Waals surface area contributed by atoms with Gasteiger partial charge in [0.15, 0.2) is 11.5 Å². The van der Waals surface area contributed by atoms with E-state index in [0.717, 1.165) is 31.3 Å². The van der Waals surface area contributed by atoms with Crippen molar-refractivity contribution in [1.29, 1.82) is 0 Å². The minimum atomic E-state index is -0.521. The molecule has 5 rings (SSSR count). The molecule has 0 unspecified atom stereocenters. The molecule has 3 heterocycles. The molecule has 1 aliphatic rings. The van der Waals surface area contributed by atoms with Gasteiger partial charge < -0.3 is 30.1 Å². The van der Waals surface area contributed by atoms with Gasteiger partial charge in [-0.1, -0.05) is 12.1 Å². The molecule has 4 aromatic rings. The predicted molar refractivity (Wildman–Crippen MR) is 167 cm³/mol. The van der Waals surface area contributed by atoms with Gasteiger partial charge in [-0.25, -0.2) is 9.78 Å². The molecule has 2 aromatic carbocycles. The van der Waals surface area contributed by atoms with Crippen LogP contribution in [0.1, 0.15) is 48.0 Å². The molecule has 0 saturated carbocycles. The lowest BCUT2D eigenvalue weighted by atomic mass is 9.89. The average Bonchev–Trinajstić information content (AvgIpc) is 3.44. The van der Waals surface area contributed by atoms with Crippen LogP contribution in [0.15, 0.2) is 67.0 Å². The molecule has 1 fully saturated rings. The number of halogens is 1. The third-order valence-electron chi connectivity index (χ3n) is 7.68. The number of anilines is 1. The second-order valence-electron chi connectivity index (χ2n) is 11.0. The molecule has 2 amide bonds. The zero-order valence-corrected chi connectivity index (χ0v) is 25.0. The molecule has 44 heavy (non-hydrogen) atoms. The Bertz CT molecular complexity index is 1580. The number of aliphatic hydroxyl groups excluding tert-OH is 1. The van der Waals surface area contributed by atoms with Gasteiger partial charge in [-0.15, -0.1) is 0 Å². The Morgan fingerprint density at radius 1 is 1.09 bits per heavy atom. The van der Waals surface area contributed by atoms with Crippen LogP contribution in [0.2, 0.25) is 0 Å². The van der Waals surface area contributed by atoms with Gasteiger partial charge in [0, 0.05) is 55.5 Å². The third-order valence-corrected chi connectivity index (χ3v) is 7.68. The zero-order valence-electron chi connectivity index (χ0n) is 25.0. The molecule has 3 N–H and O–H groups in total. The Kier molecular flexibility index (Phi) is 10.1. The Labute approximate surface area is 255 Å². The average molecular weight is 604 g/mol. The first kappa shape index (κ1) is 31.0. The van der Waals surface area contributed by atoms with Crippen LogP contribution >= 0.6 is 0 Å². The summed E-state index contributed by atoms with van der Waals surface area (Å²) in [6.07, 6.45) is 5.10. The maximum absolute atomic E-state index is 13.0. The summed E-state index contributed by atoms with van der Waals surface area (Å²) in [6, 6.07) is 15.9. The van der Waals surface area contributed by atoms with Crippen molar-refractivity contribution in [3.05, 3.63) is 78.1 Å². The van der Waals surface area contributed by atoms with Gasteiger partial charge in [0.05, 0.1) is 24.9 Å². The number of carbonyl (C=O) groups is 2. The lowest BCUT2D eigenvalue weighted by Gasteiger charge is -2.32. The topological polar surface area (TPSA) is 118 Å². The maximum Gasteiger partial charge on any atom is 0.325 e. The summed E-state index contributed by atoms with van der Waals surface area (Å²) in [5.74, 6) is 1.59. The molecular formula is C33H38FN5O5. The monoisotopic (exact) mass is 603 g/mol. The Morgan fingerprint density at radius 2 is 1.86 bits per heavy atom. The van der Waals surface area contributed by atoms with Crippen molar-refractivity contribution in [3.63, 3.8) is 0 Å². The van der Waals surface area contributed by atoms with Gasteiger partial charge in [-0.05, 0) is 74.7 Å². The van der Waals surface area contributed by atoms with E-state index in [2.05, 4.69) is 20.5 Å². The second-order valence-corrected chi connectivity index (χ2v) is 11.0. The van der Waals surface area contributed by atoms with Crippen LogP contribution in [0.4, 0.5) is 15.0 Å². The van der Waals surface area contributed by atoms with Crippen molar-refractivity contribution in [1.82, 2.24) is 19.8 Å². The highest BCUT2D eigenvalue weighted by Crippen LogP contribution is 2.37. The van der Waals surface area contributed by atoms with Crippen LogP contribution in [0.5, 0.6) is 17.2 Å². The number of carbonyl (C=O) groups excluding carboxylic acids is 2. The van der Waals surface area contributed by atoms with Crippen LogP contribution < -0.4 is 20.1 Å². The molecule has 232 valence electrons. The van der Waals surface area contributed by atoms with Gasteiger partial charge in [0.25, 0.3) is 5.91 Å². The number of ether oxygens (including phenoxy) is 2. The van der Waals surface area contributed by atoms with Crippen molar-refractivity contribution < 1.29 is 28.6 Å². The fourth-order valence-corrected chi connectivity index (χ4v) is 5.46. The third kappa shape index (κ3) is 7.53. The number of alkyl halides is 1. The lowest BCUT2D eigenvalue weighted by Crippen LogP contribution is -2.37. The van der Waals surface area contributed by atoms with Crippen molar-refractivity contribution in [2.45, 2.75) is 38.2 Å². The number of aromatic nitrogens is 2. The summed E-state index contributed by atoms with van der Waals surface area (Å²) in [5, 5.41) is 15.8. The number of nitrogens with one attached hydrogen (secondary N) is 2. The number of nitrogens with zero attached hydrogens (tertiary/aromatic N) is 3. The number of rotatable bonds is 11. The van der Waals surface area contributed by atoms with Gasteiger partial charge >= 0.3 is 6.03 Å². The molecule has 1 saturated heterocycles. The standard InChI is InChI=1S/C33H38FN5O5/c1-22(40)21-38-14-9-24(10-15-38)23-4-6-25(7-5-23)32(41)37-31-19-27(8-13-36-31)44-30-18-26-11-16-39(33(42)35-2)28(26)20-29(30)43-17-3-12-34/h4-8,11,13,16,18-20,22,24,40H,3,9-10,12,14-15,17,21H2,1-2H3,(H,35,42)(H,36,37,41)/t22-/m1/s1. The van der Waals surface area contributed by atoms with Crippen molar-refractivity contribution in [2.24, 2.45) is 0 Å². The Hall–Kier alpha value is -4.48. The minimum absolute atomic E-state index is 0.137. The first-order valence-electron chi connectivity index (χ1n) is 14.9. The molecule has 2 aromatic heterocycles. The number of fused-ring (bicyclic) bond motifs is 1. The van der Waals surface area contributed by atoms with E-state index in [1.165, 1.54) is 16.3 Å². The summed E-state index contributed by atoms with van der Waals surface area (Å²) in [7, 11) is 1.55. The minimum Gasteiger partial charge on any atom is -0.489 e. The number of likely N-dealkylation sites (tertiary alicyclic amines) is 1. The van der Waals surface area contributed by atoms with E-state index in [9.17, 15) is 19.1 Å². The molecule has 10 nitrogen and oxygen atoms in total. The summed E-state index contributed by atoms with van der Waals surface area (Å²) >= 11 is 0. The van der Waals surface area contributed by atoms with E-state index < -0.39 is 6.67 Å². The zero-order chi connectivity index (χ0) is 31.1. The van der Waals surface area contributed by atoms with Crippen LogP contribution in [-0.4, -0.2) is 77.6 Å². The van der Waals surface area contributed by atoms with E-state index in [1.807, 2.05) is 31.2 Å². The van der Waals surface area contributed by atoms with Crippen molar-refractivity contribution in [2.75, 3.05) is 45.3 Å². The highest BCUT2D eigenvalue weighted by atomic mass is 19.1. The number of amides is 2. The van der Waals surface area contributed by atoms with Crippen molar-refractivity contribution >= 4 is 28.7 Å². The highest BCUT2D eigenvalue weighted by Gasteiger charge is 2.22. The van der Waals surface area contributed by atoms with Gasteiger partial charge in [-0.2, -0.15) is 0 Å². The van der Waals surface area contributed by atoms with E-state index >= 15 is 0 Å². The second kappa shape index (κ2) is 14.3. The molecule has 1 aliphatic heterocycles. The predicted octanol–water partition coefficient (Wildman–Crippen LogP) is 5.57. The smallest absolute Gasteiger partial charge is 0.325 e. The van der Waals surface area contributed by atoms with E-state index in [4.69, 9.17) is 9.47 Å². The number of aliphatic hydroxyl groups is 1. The fourth-order valence-electron chi connectivity index (χ4n) is 5.46. The molecule has 0 spiro atoms.